The van der Waals surface area contributed by atoms with E-state index in [1.807, 2.05) is 0 Å². The zero-order valence-electron chi connectivity index (χ0n) is 9.14. The van der Waals surface area contributed by atoms with Crippen LogP contribution in [0.15, 0.2) is 12.1 Å². The molecule has 0 spiro atoms. The van der Waals surface area contributed by atoms with Gasteiger partial charge in [0.1, 0.15) is 0 Å². The van der Waals surface area contributed by atoms with E-state index in [1.54, 1.807) is 0 Å². The summed E-state index contributed by atoms with van der Waals surface area (Å²) in [6.45, 7) is 8.62. The Balaban J connectivity index is 0.000000424. The van der Waals surface area contributed by atoms with Gasteiger partial charge in [0, 0.05) is 0 Å². The van der Waals surface area contributed by atoms with Gasteiger partial charge in [-0.1, -0.05) is 12.1 Å². The molecule has 1 nitrogen and oxygen atoms in total. The molecule has 2 heteroatoms. The highest BCUT2D eigenvalue weighted by Crippen LogP contribution is 2.13. The second kappa shape index (κ2) is 5.70. The van der Waals surface area contributed by atoms with Crippen LogP contribution in [-0.2, 0) is 4.79 Å². The molecule has 0 bridgehead atoms. The standard InChI is InChI=1S/C10H14.CH4OSi/c1-7-5-9(3)10(4)6-8(7)2;2-1-3/h5-6H,1-4H3;1H,3H3. The van der Waals surface area contributed by atoms with Crippen LogP contribution in [0.2, 0.25) is 0 Å². The van der Waals surface area contributed by atoms with Gasteiger partial charge in [-0.25, -0.2) is 0 Å². The lowest BCUT2D eigenvalue weighted by Gasteiger charge is -2.04. The molecule has 0 aliphatic heterocycles. The molecule has 0 atom stereocenters. The van der Waals surface area contributed by atoms with E-state index in [0.717, 1.165) is 5.91 Å². The van der Waals surface area contributed by atoms with Gasteiger partial charge in [-0.05, 0) is 49.9 Å². The number of rotatable bonds is 0. The van der Waals surface area contributed by atoms with E-state index in [9.17, 15) is 0 Å². The van der Waals surface area contributed by atoms with Crippen molar-refractivity contribution in [2.45, 2.75) is 27.7 Å². The average molecular weight is 194 g/mol. The van der Waals surface area contributed by atoms with Crippen LogP contribution in [-0.4, -0.2) is 16.2 Å². The first-order valence-corrected chi connectivity index (χ1v) is 5.62. The van der Waals surface area contributed by atoms with E-state index in [0.29, 0.717) is 10.2 Å². The Bertz CT molecular complexity index is 242. The summed E-state index contributed by atoms with van der Waals surface area (Å²) in [6.07, 6.45) is 0. The number of benzene rings is 1. The van der Waals surface area contributed by atoms with Crippen molar-refractivity contribution < 1.29 is 4.79 Å². The Morgan fingerprint density at radius 3 is 1.23 bits per heavy atom. The van der Waals surface area contributed by atoms with Gasteiger partial charge in [-0.2, -0.15) is 0 Å². The maximum Gasteiger partial charge on any atom is 0.0881 e. The van der Waals surface area contributed by atoms with Crippen LogP contribution in [0, 0.1) is 27.7 Å². The summed E-state index contributed by atoms with van der Waals surface area (Å²) in [4.78, 5) is 8.87. The molecule has 0 aliphatic carbocycles. The van der Waals surface area contributed by atoms with Crippen LogP contribution < -0.4 is 0 Å². The summed E-state index contributed by atoms with van der Waals surface area (Å²) in [6, 6.07) is 4.48. The van der Waals surface area contributed by atoms with Gasteiger partial charge in [0.15, 0.2) is 0 Å². The summed E-state index contributed by atoms with van der Waals surface area (Å²) in [5, 5.41) is 0. The fraction of sp³-hybridized carbons (Fsp3) is 0.364. The Hall–Kier alpha value is -0.893. The van der Waals surface area contributed by atoms with Crippen LogP contribution in [0.3, 0.4) is 0 Å². The topological polar surface area (TPSA) is 17.1 Å². The van der Waals surface area contributed by atoms with Crippen molar-refractivity contribution in [1.82, 2.24) is 0 Å². The first-order chi connectivity index (χ1) is 6.02. The lowest BCUT2D eigenvalue weighted by molar-refractivity contribution is 0.569. The van der Waals surface area contributed by atoms with Crippen molar-refractivity contribution in [2.75, 3.05) is 0 Å². The third-order valence-corrected chi connectivity index (χ3v) is 2.11. The van der Waals surface area contributed by atoms with Crippen LogP contribution in [0.4, 0.5) is 0 Å². The Morgan fingerprint density at radius 2 is 1.08 bits per heavy atom. The predicted octanol–water partition coefficient (Wildman–Crippen LogP) is 1.46. The first-order valence-electron chi connectivity index (χ1n) is 4.47. The molecule has 1 rings (SSSR count). The van der Waals surface area contributed by atoms with E-state index in [2.05, 4.69) is 39.8 Å². The maximum absolute atomic E-state index is 8.87. The average Bonchev–Trinajstić information content (AvgIpc) is 2.03. The van der Waals surface area contributed by atoms with E-state index in [1.165, 1.54) is 22.3 Å². The molecule has 0 aliphatic rings. The fourth-order valence-corrected chi connectivity index (χ4v) is 1.10. The SMILES string of the molecule is Cc1cc(C)c(C)cc1C.O=C[SiH3]. The number of carbonyl (C=O) groups excluding carboxylic acids is 1. The van der Waals surface area contributed by atoms with Crippen molar-refractivity contribution in [3.63, 3.8) is 0 Å². The van der Waals surface area contributed by atoms with Crippen molar-refractivity contribution in [3.05, 3.63) is 34.4 Å². The van der Waals surface area contributed by atoms with Crippen molar-refractivity contribution in [2.24, 2.45) is 0 Å². The van der Waals surface area contributed by atoms with Gasteiger partial charge >= 0.3 is 0 Å². The van der Waals surface area contributed by atoms with Crippen LogP contribution >= 0.6 is 0 Å². The molecule has 1 aromatic carbocycles. The molecule has 0 aromatic heterocycles. The van der Waals surface area contributed by atoms with Crippen molar-refractivity contribution in [3.8, 4) is 0 Å². The smallest absolute Gasteiger partial charge is 0.0881 e. The zero-order valence-corrected chi connectivity index (χ0v) is 11.1. The molecule has 72 valence electrons. The largest absolute Gasteiger partial charge is 0.310 e. The monoisotopic (exact) mass is 194 g/mol. The van der Waals surface area contributed by atoms with E-state index >= 15 is 0 Å². The van der Waals surface area contributed by atoms with Crippen LogP contribution in [0.25, 0.3) is 0 Å². The molecule has 0 saturated heterocycles. The minimum Gasteiger partial charge on any atom is -0.310 e. The quantitative estimate of drug-likeness (QED) is 0.451. The first kappa shape index (κ1) is 12.1. The molecule has 0 unspecified atom stereocenters. The van der Waals surface area contributed by atoms with Gasteiger partial charge in [-0.3, -0.25) is 0 Å². The normalized spacial score (nSPS) is 8.92. The lowest BCUT2D eigenvalue weighted by atomic mass is 10.0. The number of hydrogen-bond donors (Lipinski definition) is 0. The fourth-order valence-electron chi connectivity index (χ4n) is 1.10. The van der Waals surface area contributed by atoms with E-state index in [4.69, 9.17) is 4.79 Å². The summed E-state index contributed by atoms with van der Waals surface area (Å²) in [5.74, 6) is 0.889. The Kier molecular flexibility index (Phi) is 5.31. The number of aryl methyl sites for hydroxylation is 4. The minimum atomic E-state index is 0.688. The minimum absolute atomic E-state index is 0.688. The highest BCUT2D eigenvalue weighted by Gasteiger charge is 1.95. The maximum atomic E-state index is 8.87. The van der Waals surface area contributed by atoms with E-state index < -0.39 is 0 Å². The summed E-state index contributed by atoms with van der Waals surface area (Å²) < 4.78 is 0. The molecular weight excluding hydrogens is 176 g/mol. The lowest BCUT2D eigenvalue weighted by Crippen LogP contribution is -1.86. The molecule has 0 heterocycles. The summed E-state index contributed by atoms with van der Waals surface area (Å²) >= 11 is 0. The number of hydrogen-bond acceptors (Lipinski definition) is 1. The van der Waals surface area contributed by atoms with Gasteiger partial charge in [0.05, 0.1) is 16.2 Å². The van der Waals surface area contributed by atoms with Crippen molar-refractivity contribution >= 4 is 16.2 Å². The van der Waals surface area contributed by atoms with Crippen LogP contribution in [0.5, 0.6) is 0 Å². The molecule has 0 radical (unpaired) electrons. The highest BCUT2D eigenvalue weighted by molar-refractivity contribution is 6.48. The summed E-state index contributed by atoms with van der Waals surface area (Å²) in [7, 11) is 0.688. The second-order valence-corrected chi connectivity index (χ2v) is 3.73. The zero-order chi connectivity index (χ0) is 10.4. The molecule has 13 heavy (non-hydrogen) atoms. The second-order valence-electron chi connectivity index (χ2n) is 3.26. The van der Waals surface area contributed by atoms with E-state index in [-0.39, 0.29) is 0 Å². The van der Waals surface area contributed by atoms with Crippen LogP contribution in [0.1, 0.15) is 22.3 Å². The van der Waals surface area contributed by atoms with Gasteiger partial charge in [0.25, 0.3) is 0 Å². The van der Waals surface area contributed by atoms with Gasteiger partial charge in [0.2, 0.25) is 0 Å². The highest BCUT2D eigenvalue weighted by atomic mass is 28.1. The predicted molar refractivity (Wildman–Crippen MR) is 62.1 cm³/mol. The van der Waals surface area contributed by atoms with Crippen molar-refractivity contribution in [1.29, 1.82) is 0 Å². The number of carbonyl (C=O) groups is 1. The Morgan fingerprint density at radius 1 is 0.923 bits per heavy atom. The third-order valence-electron chi connectivity index (χ3n) is 2.11. The molecule has 0 fully saturated rings. The molecule has 0 saturated carbocycles. The molecular formula is C11H18OSi. The Labute approximate surface area is 83.6 Å². The molecule has 0 N–H and O–H groups in total. The summed E-state index contributed by atoms with van der Waals surface area (Å²) in [5.41, 5.74) is 5.57. The van der Waals surface area contributed by atoms with Gasteiger partial charge in [-0.15, -0.1) is 0 Å². The molecule has 0 amide bonds. The molecule has 1 aromatic rings. The van der Waals surface area contributed by atoms with Gasteiger partial charge < -0.3 is 4.79 Å². The third kappa shape index (κ3) is 4.04.